The zero-order chi connectivity index (χ0) is 9.26. The van der Waals surface area contributed by atoms with Crippen molar-refractivity contribution in [2.75, 3.05) is 6.54 Å². The molecule has 1 amide bonds. The second kappa shape index (κ2) is 3.12. The summed E-state index contributed by atoms with van der Waals surface area (Å²) in [5.74, 6) is 0.779. The molecule has 0 spiro atoms. The van der Waals surface area contributed by atoms with Crippen LogP contribution in [0.2, 0.25) is 0 Å². The molecule has 6 heteroatoms. The number of nitrogens with one attached hydrogen (secondary N) is 1. The summed E-state index contributed by atoms with van der Waals surface area (Å²) in [7, 11) is 1.71. The van der Waals surface area contributed by atoms with E-state index >= 15 is 0 Å². The highest BCUT2D eigenvalue weighted by Crippen LogP contribution is 2.12. The molecule has 1 aromatic rings. The topological polar surface area (TPSA) is 72.7 Å². The molecule has 0 bridgehead atoms. The Hall–Kier alpha value is -1.46. The van der Waals surface area contributed by atoms with Crippen LogP contribution in [0.5, 0.6) is 0 Å². The molecule has 0 aromatic carbocycles. The third-order valence-corrected chi connectivity index (χ3v) is 2.14. The van der Waals surface area contributed by atoms with Crippen LogP contribution in [-0.4, -0.2) is 32.7 Å². The van der Waals surface area contributed by atoms with E-state index in [9.17, 15) is 4.79 Å². The Labute approximate surface area is 75.3 Å². The number of hydrogen-bond acceptors (Lipinski definition) is 4. The van der Waals surface area contributed by atoms with Crippen molar-refractivity contribution in [3.63, 3.8) is 0 Å². The molecule has 1 fully saturated rings. The van der Waals surface area contributed by atoms with Gasteiger partial charge >= 0.3 is 0 Å². The molecule has 1 aliphatic heterocycles. The molecule has 1 atom stereocenters. The summed E-state index contributed by atoms with van der Waals surface area (Å²) in [5, 5.41) is 14.3. The number of rotatable bonds is 2. The predicted molar refractivity (Wildman–Crippen MR) is 43.6 cm³/mol. The Kier molecular flexibility index (Phi) is 1.96. The molecule has 0 radical (unpaired) electrons. The van der Waals surface area contributed by atoms with Gasteiger partial charge in [-0.3, -0.25) is 4.79 Å². The zero-order valence-corrected chi connectivity index (χ0v) is 7.40. The van der Waals surface area contributed by atoms with E-state index in [2.05, 4.69) is 20.7 Å². The number of nitrogens with zero attached hydrogens (tertiary/aromatic N) is 4. The maximum Gasteiger partial charge on any atom is 0.223 e. The van der Waals surface area contributed by atoms with E-state index in [1.165, 1.54) is 4.80 Å². The van der Waals surface area contributed by atoms with Crippen molar-refractivity contribution in [3.05, 3.63) is 5.82 Å². The average molecular weight is 181 g/mol. The number of hydrogen-bond donors (Lipinski definition) is 1. The van der Waals surface area contributed by atoms with Crippen LogP contribution in [-0.2, 0) is 18.3 Å². The van der Waals surface area contributed by atoms with Crippen molar-refractivity contribution in [1.29, 1.82) is 0 Å². The summed E-state index contributed by atoms with van der Waals surface area (Å²) in [5.41, 5.74) is 0. The van der Waals surface area contributed by atoms with Gasteiger partial charge in [-0.1, -0.05) is 0 Å². The largest absolute Gasteiger partial charge is 0.356 e. The van der Waals surface area contributed by atoms with Gasteiger partial charge in [-0.2, -0.15) is 4.80 Å². The number of carbonyl (C=O) groups excluding carboxylic acids is 1. The van der Waals surface area contributed by atoms with Gasteiger partial charge in [0.05, 0.1) is 7.05 Å². The third kappa shape index (κ3) is 1.66. The first-order chi connectivity index (χ1) is 6.25. The SMILES string of the molecule is Cn1nnc(CC2CCNC2=O)n1. The molecule has 1 unspecified atom stereocenters. The van der Waals surface area contributed by atoms with Crippen molar-refractivity contribution < 1.29 is 4.79 Å². The maximum atomic E-state index is 11.2. The van der Waals surface area contributed by atoms with Crippen LogP contribution in [0.4, 0.5) is 0 Å². The molecular weight excluding hydrogens is 170 g/mol. The van der Waals surface area contributed by atoms with Crippen LogP contribution >= 0.6 is 0 Å². The number of aromatic nitrogens is 4. The Morgan fingerprint density at radius 3 is 3.08 bits per heavy atom. The quantitative estimate of drug-likeness (QED) is 0.627. The minimum atomic E-state index is 0.0317. The molecular formula is C7H11N5O. The van der Waals surface area contributed by atoms with Gasteiger partial charge in [0.15, 0.2) is 5.82 Å². The van der Waals surface area contributed by atoms with Crippen LogP contribution in [0.3, 0.4) is 0 Å². The summed E-state index contributed by atoms with van der Waals surface area (Å²) in [6.07, 6.45) is 1.47. The van der Waals surface area contributed by atoms with Crippen molar-refractivity contribution in [3.8, 4) is 0 Å². The molecule has 2 heterocycles. The number of carbonyl (C=O) groups is 1. The summed E-state index contributed by atoms with van der Waals surface area (Å²) in [6.45, 7) is 0.768. The second-order valence-electron chi connectivity index (χ2n) is 3.18. The van der Waals surface area contributed by atoms with E-state index in [0.717, 1.165) is 13.0 Å². The second-order valence-corrected chi connectivity index (χ2v) is 3.18. The van der Waals surface area contributed by atoms with E-state index in [1.807, 2.05) is 0 Å². The van der Waals surface area contributed by atoms with Crippen molar-refractivity contribution >= 4 is 5.91 Å². The first-order valence-corrected chi connectivity index (χ1v) is 4.26. The molecule has 6 nitrogen and oxygen atoms in total. The van der Waals surface area contributed by atoms with Crippen molar-refractivity contribution in [1.82, 2.24) is 25.5 Å². The van der Waals surface area contributed by atoms with Crippen LogP contribution in [0, 0.1) is 5.92 Å². The zero-order valence-electron chi connectivity index (χ0n) is 7.40. The standard InChI is InChI=1S/C7H11N5O/c1-12-10-6(9-11-12)4-5-2-3-8-7(5)13/h5H,2-4H2,1H3,(H,8,13). The highest BCUT2D eigenvalue weighted by atomic mass is 16.2. The van der Waals surface area contributed by atoms with E-state index in [-0.39, 0.29) is 11.8 Å². The van der Waals surface area contributed by atoms with Crippen LogP contribution in [0.25, 0.3) is 0 Å². The first kappa shape index (κ1) is 8.15. The lowest BCUT2D eigenvalue weighted by molar-refractivity contribution is -0.122. The predicted octanol–water partition coefficient (Wildman–Crippen LogP) is -1.11. The summed E-state index contributed by atoms with van der Waals surface area (Å²) in [6, 6.07) is 0. The number of aryl methyl sites for hydroxylation is 1. The van der Waals surface area contributed by atoms with Crippen molar-refractivity contribution in [2.24, 2.45) is 13.0 Å². The van der Waals surface area contributed by atoms with E-state index < -0.39 is 0 Å². The minimum Gasteiger partial charge on any atom is -0.356 e. The molecule has 1 aliphatic rings. The van der Waals surface area contributed by atoms with Gasteiger partial charge in [-0.25, -0.2) is 0 Å². The lowest BCUT2D eigenvalue weighted by Crippen LogP contribution is -2.20. The number of tetrazole rings is 1. The highest BCUT2D eigenvalue weighted by molar-refractivity contribution is 5.80. The van der Waals surface area contributed by atoms with Crippen LogP contribution < -0.4 is 5.32 Å². The molecule has 1 N–H and O–H groups in total. The average Bonchev–Trinajstić information content (AvgIpc) is 2.64. The van der Waals surface area contributed by atoms with E-state index in [0.29, 0.717) is 12.2 Å². The fraction of sp³-hybridized carbons (Fsp3) is 0.714. The molecule has 0 saturated carbocycles. The highest BCUT2D eigenvalue weighted by Gasteiger charge is 2.25. The Morgan fingerprint density at radius 2 is 2.54 bits per heavy atom. The molecule has 13 heavy (non-hydrogen) atoms. The van der Waals surface area contributed by atoms with Gasteiger partial charge in [0.25, 0.3) is 0 Å². The summed E-state index contributed by atoms with van der Waals surface area (Å²) >= 11 is 0. The minimum absolute atomic E-state index is 0.0317. The van der Waals surface area contributed by atoms with Gasteiger partial charge in [-0.15, -0.1) is 10.2 Å². The molecule has 0 aliphatic carbocycles. The number of amides is 1. The lowest BCUT2D eigenvalue weighted by Gasteiger charge is -2.00. The Morgan fingerprint density at radius 1 is 1.69 bits per heavy atom. The summed E-state index contributed by atoms with van der Waals surface area (Å²) < 4.78 is 0. The fourth-order valence-electron chi connectivity index (χ4n) is 1.47. The molecule has 1 saturated heterocycles. The Bertz CT molecular complexity index is 320. The maximum absolute atomic E-state index is 11.2. The fourth-order valence-corrected chi connectivity index (χ4v) is 1.47. The smallest absolute Gasteiger partial charge is 0.223 e. The van der Waals surface area contributed by atoms with E-state index in [4.69, 9.17) is 0 Å². The molecule has 2 rings (SSSR count). The first-order valence-electron chi connectivity index (χ1n) is 4.26. The van der Waals surface area contributed by atoms with Gasteiger partial charge < -0.3 is 5.32 Å². The third-order valence-electron chi connectivity index (χ3n) is 2.14. The van der Waals surface area contributed by atoms with Crippen molar-refractivity contribution in [2.45, 2.75) is 12.8 Å². The summed E-state index contributed by atoms with van der Waals surface area (Å²) in [4.78, 5) is 12.6. The van der Waals surface area contributed by atoms with Gasteiger partial charge in [0.2, 0.25) is 5.91 Å². The molecule has 70 valence electrons. The Balaban J connectivity index is 2.01. The van der Waals surface area contributed by atoms with Gasteiger partial charge in [-0.05, 0) is 11.6 Å². The van der Waals surface area contributed by atoms with E-state index in [1.54, 1.807) is 7.05 Å². The molecule has 1 aromatic heterocycles. The van der Waals surface area contributed by atoms with Gasteiger partial charge in [0.1, 0.15) is 0 Å². The lowest BCUT2D eigenvalue weighted by atomic mass is 10.0. The van der Waals surface area contributed by atoms with Crippen LogP contribution in [0.1, 0.15) is 12.2 Å². The van der Waals surface area contributed by atoms with Gasteiger partial charge in [0, 0.05) is 18.9 Å². The monoisotopic (exact) mass is 181 g/mol. The van der Waals surface area contributed by atoms with Crippen LogP contribution in [0.15, 0.2) is 0 Å². The normalized spacial score (nSPS) is 21.9.